The van der Waals surface area contributed by atoms with E-state index in [1.165, 1.54) is 30.4 Å². The maximum atomic E-state index is 11.3. The molecule has 4 heteroatoms. The highest BCUT2D eigenvalue weighted by atomic mass is 16.5. The van der Waals surface area contributed by atoms with Gasteiger partial charge >= 0.3 is 0 Å². The van der Waals surface area contributed by atoms with Gasteiger partial charge in [0.05, 0.1) is 12.0 Å². The number of carbonyl (C=O) groups excluding carboxylic acids is 1. The van der Waals surface area contributed by atoms with Gasteiger partial charge in [0, 0.05) is 17.3 Å². The monoisotopic (exact) mass is 376 g/mol. The average molecular weight is 377 g/mol. The molecule has 1 amide bonds. The Morgan fingerprint density at radius 1 is 1.07 bits per heavy atom. The van der Waals surface area contributed by atoms with E-state index in [2.05, 4.69) is 41.1 Å². The van der Waals surface area contributed by atoms with Crippen LogP contribution in [-0.2, 0) is 17.6 Å². The number of hydrogen-bond donors (Lipinski definition) is 0. The molecular weight excluding hydrogens is 348 g/mol. The zero-order valence-electron chi connectivity index (χ0n) is 16.6. The summed E-state index contributed by atoms with van der Waals surface area (Å²) in [5.41, 5.74) is 3.05. The van der Waals surface area contributed by atoms with Crippen molar-refractivity contribution in [1.82, 2.24) is 4.90 Å². The summed E-state index contributed by atoms with van der Waals surface area (Å²) < 4.78 is 5.89. The van der Waals surface area contributed by atoms with Crippen LogP contribution in [0.25, 0.3) is 6.08 Å². The van der Waals surface area contributed by atoms with Gasteiger partial charge in [-0.2, -0.15) is 0 Å². The third-order valence-electron chi connectivity index (χ3n) is 5.67. The SMILES string of the molecule is CCCN(CCCCOc1ccc2c(c1)=CC(=O)N=2)C1Cc2ccccc2C1. The lowest BCUT2D eigenvalue weighted by atomic mass is 10.1. The Morgan fingerprint density at radius 3 is 2.61 bits per heavy atom. The summed E-state index contributed by atoms with van der Waals surface area (Å²) in [6.45, 7) is 5.26. The van der Waals surface area contributed by atoms with Gasteiger partial charge in [-0.3, -0.25) is 9.69 Å². The smallest absolute Gasteiger partial charge is 0.270 e. The molecule has 4 nitrogen and oxygen atoms in total. The van der Waals surface area contributed by atoms with Crippen LogP contribution in [0.2, 0.25) is 0 Å². The molecule has 28 heavy (non-hydrogen) atoms. The minimum absolute atomic E-state index is 0.183. The highest BCUT2D eigenvalue weighted by Crippen LogP contribution is 2.25. The number of nitrogens with zero attached hydrogens (tertiary/aromatic N) is 2. The van der Waals surface area contributed by atoms with Crippen molar-refractivity contribution in [2.24, 2.45) is 4.99 Å². The lowest BCUT2D eigenvalue weighted by Crippen LogP contribution is -2.37. The number of benzene rings is 2. The first-order chi connectivity index (χ1) is 13.7. The van der Waals surface area contributed by atoms with Gasteiger partial charge in [0.25, 0.3) is 5.91 Å². The molecule has 146 valence electrons. The third-order valence-corrected chi connectivity index (χ3v) is 5.67. The van der Waals surface area contributed by atoms with Crippen LogP contribution in [0, 0.1) is 0 Å². The zero-order valence-corrected chi connectivity index (χ0v) is 16.6. The first-order valence-corrected chi connectivity index (χ1v) is 10.4. The van der Waals surface area contributed by atoms with E-state index in [0.717, 1.165) is 42.3 Å². The zero-order chi connectivity index (χ0) is 19.3. The molecule has 1 heterocycles. The molecule has 2 aliphatic rings. The Balaban J connectivity index is 1.24. The number of unbranched alkanes of at least 4 members (excludes halogenated alkanes) is 1. The molecule has 2 aromatic rings. The fraction of sp³-hybridized carbons (Fsp3) is 0.417. The van der Waals surface area contributed by atoms with Gasteiger partial charge in [-0.15, -0.1) is 0 Å². The first kappa shape index (κ1) is 18.9. The van der Waals surface area contributed by atoms with Crippen molar-refractivity contribution in [3.63, 3.8) is 0 Å². The van der Waals surface area contributed by atoms with Gasteiger partial charge in [-0.1, -0.05) is 31.2 Å². The summed E-state index contributed by atoms with van der Waals surface area (Å²) in [7, 11) is 0. The van der Waals surface area contributed by atoms with Crippen molar-refractivity contribution < 1.29 is 9.53 Å². The lowest BCUT2D eigenvalue weighted by Gasteiger charge is -2.28. The van der Waals surface area contributed by atoms with E-state index < -0.39 is 0 Å². The molecule has 0 spiro atoms. The van der Waals surface area contributed by atoms with Gasteiger partial charge in [0.1, 0.15) is 5.75 Å². The van der Waals surface area contributed by atoms with Gasteiger partial charge in [0.2, 0.25) is 0 Å². The molecule has 0 saturated heterocycles. The van der Waals surface area contributed by atoms with E-state index in [9.17, 15) is 4.79 Å². The number of hydrogen-bond acceptors (Lipinski definition) is 3. The standard InChI is InChI=1S/C24H28N2O2/c1-2-11-26(21-14-18-7-3-4-8-19(18)15-21)12-5-6-13-28-22-9-10-23-20(16-22)17-24(27)25-23/h3-4,7-10,16-17,21H,2,5-6,11-15H2,1H3. The fourth-order valence-electron chi connectivity index (χ4n) is 4.29. The van der Waals surface area contributed by atoms with E-state index >= 15 is 0 Å². The van der Waals surface area contributed by atoms with E-state index in [0.29, 0.717) is 12.6 Å². The number of ether oxygens (including phenoxy) is 1. The summed E-state index contributed by atoms with van der Waals surface area (Å²) in [5, 5.41) is 1.60. The average Bonchev–Trinajstić information content (AvgIpc) is 3.28. The predicted molar refractivity (Wildman–Crippen MR) is 111 cm³/mol. The largest absolute Gasteiger partial charge is 0.494 e. The molecule has 0 radical (unpaired) electrons. The van der Waals surface area contributed by atoms with Crippen LogP contribution in [0.3, 0.4) is 0 Å². The molecule has 4 rings (SSSR count). The Bertz CT molecular complexity index is 942. The topological polar surface area (TPSA) is 41.9 Å². The second-order valence-electron chi connectivity index (χ2n) is 7.74. The normalized spacial score (nSPS) is 15.3. The van der Waals surface area contributed by atoms with Crippen LogP contribution < -0.4 is 15.3 Å². The van der Waals surface area contributed by atoms with Crippen molar-refractivity contribution in [3.8, 4) is 5.75 Å². The molecule has 0 unspecified atom stereocenters. The van der Waals surface area contributed by atoms with Gasteiger partial charge in [0.15, 0.2) is 0 Å². The summed E-state index contributed by atoms with van der Waals surface area (Å²) in [6, 6.07) is 15.2. The van der Waals surface area contributed by atoms with Crippen molar-refractivity contribution in [3.05, 3.63) is 64.2 Å². The first-order valence-electron chi connectivity index (χ1n) is 10.4. The van der Waals surface area contributed by atoms with Crippen LogP contribution in [0.4, 0.5) is 0 Å². The number of fused-ring (bicyclic) bond motifs is 2. The minimum atomic E-state index is -0.183. The molecule has 1 aliphatic carbocycles. The Hall–Kier alpha value is -2.46. The molecule has 0 atom stereocenters. The highest BCUT2D eigenvalue weighted by molar-refractivity contribution is 6.06. The maximum Gasteiger partial charge on any atom is 0.270 e. The van der Waals surface area contributed by atoms with Crippen LogP contribution in [-0.4, -0.2) is 36.5 Å². The lowest BCUT2D eigenvalue weighted by molar-refractivity contribution is -0.112. The Labute approximate surface area is 166 Å². The van der Waals surface area contributed by atoms with Crippen molar-refractivity contribution in [2.45, 2.75) is 45.1 Å². The maximum absolute atomic E-state index is 11.3. The predicted octanol–water partition coefficient (Wildman–Crippen LogP) is 2.67. The highest BCUT2D eigenvalue weighted by Gasteiger charge is 2.25. The molecule has 0 bridgehead atoms. The molecule has 0 saturated carbocycles. The molecule has 0 N–H and O–H groups in total. The van der Waals surface area contributed by atoms with Crippen molar-refractivity contribution >= 4 is 12.0 Å². The molecular formula is C24H28N2O2. The fourth-order valence-corrected chi connectivity index (χ4v) is 4.29. The molecule has 0 aromatic heterocycles. The van der Waals surface area contributed by atoms with Crippen LogP contribution in [0.15, 0.2) is 47.5 Å². The summed E-state index contributed by atoms with van der Waals surface area (Å²) in [4.78, 5) is 17.9. The minimum Gasteiger partial charge on any atom is -0.494 e. The van der Waals surface area contributed by atoms with E-state index in [1.54, 1.807) is 6.08 Å². The third kappa shape index (κ3) is 4.33. The van der Waals surface area contributed by atoms with Crippen LogP contribution >= 0.6 is 0 Å². The second-order valence-corrected chi connectivity index (χ2v) is 7.74. The van der Waals surface area contributed by atoms with E-state index in [1.807, 2.05) is 18.2 Å². The quantitative estimate of drug-likeness (QED) is 0.632. The second kappa shape index (κ2) is 8.70. The van der Waals surface area contributed by atoms with Crippen molar-refractivity contribution in [2.75, 3.05) is 19.7 Å². The molecule has 2 aromatic carbocycles. The van der Waals surface area contributed by atoms with Gasteiger partial charge in [-0.05, 0) is 74.5 Å². The van der Waals surface area contributed by atoms with Crippen molar-refractivity contribution in [1.29, 1.82) is 0 Å². The van der Waals surface area contributed by atoms with E-state index in [4.69, 9.17) is 4.74 Å². The van der Waals surface area contributed by atoms with E-state index in [-0.39, 0.29) is 5.91 Å². The molecule has 0 fully saturated rings. The van der Waals surface area contributed by atoms with Gasteiger partial charge < -0.3 is 4.74 Å². The van der Waals surface area contributed by atoms with Gasteiger partial charge in [-0.25, -0.2) is 4.99 Å². The number of rotatable bonds is 9. The Kier molecular flexibility index (Phi) is 5.87. The summed E-state index contributed by atoms with van der Waals surface area (Å²) in [5.74, 6) is 0.633. The molecule has 1 aliphatic heterocycles. The number of carbonyl (C=O) groups is 1. The summed E-state index contributed by atoms with van der Waals surface area (Å²) in [6.07, 6.45) is 7.29. The number of amides is 1. The van der Waals surface area contributed by atoms with Crippen LogP contribution in [0.5, 0.6) is 5.75 Å². The Morgan fingerprint density at radius 2 is 1.86 bits per heavy atom. The summed E-state index contributed by atoms with van der Waals surface area (Å²) >= 11 is 0. The van der Waals surface area contributed by atoms with Crippen LogP contribution in [0.1, 0.15) is 37.3 Å².